The summed E-state index contributed by atoms with van der Waals surface area (Å²) in [5.41, 5.74) is 4.18. The molecule has 0 saturated carbocycles. The van der Waals surface area contributed by atoms with Gasteiger partial charge in [-0.1, -0.05) is 12.1 Å². The second-order valence-electron chi connectivity index (χ2n) is 6.04. The van der Waals surface area contributed by atoms with Crippen LogP contribution in [0.5, 0.6) is 0 Å². The number of nitrogens with one attached hydrogen (secondary N) is 2. The van der Waals surface area contributed by atoms with E-state index in [1.807, 2.05) is 18.8 Å². The third-order valence-electron chi connectivity index (χ3n) is 4.25. The van der Waals surface area contributed by atoms with Crippen molar-refractivity contribution in [1.29, 1.82) is 0 Å². The van der Waals surface area contributed by atoms with Gasteiger partial charge in [-0.3, -0.25) is 4.99 Å². The van der Waals surface area contributed by atoms with Gasteiger partial charge < -0.3 is 15.5 Å². The van der Waals surface area contributed by atoms with E-state index in [1.54, 1.807) is 0 Å². The quantitative estimate of drug-likeness (QED) is 0.457. The summed E-state index contributed by atoms with van der Waals surface area (Å²) in [5, 5.41) is 6.80. The zero-order valence-electron chi connectivity index (χ0n) is 14.7. The maximum Gasteiger partial charge on any atom is 0.191 e. The van der Waals surface area contributed by atoms with Crippen LogP contribution in [0.4, 0.5) is 5.69 Å². The van der Waals surface area contributed by atoms with E-state index >= 15 is 0 Å². The molecule has 0 atom stereocenters. The Labute approximate surface area is 145 Å². The zero-order valence-corrected chi connectivity index (χ0v) is 15.5. The standard InChI is InChI=1S/C18H30N4S/c1-19-18(20-10-4-5-12-23-3)21-14-15-8-9-17-16(13-15)7-6-11-22(17)2/h8-9,13H,4-7,10-12,14H2,1-3H3,(H2,19,20,21). The zero-order chi connectivity index (χ0) is 16.5. The van der Waals surface area contributed by atoms with Crippen LogP contribution >= 0.6 is 11.8 Å². The first kappa shape index (κ1) is 18.0. The monoisotopic (exact) mass is 334 g/mol. The molecule has 0 amide bonds. The fraction of sp³-hybridized carbons (Fsp3) is 0.611. The molecule has 1 aromatic carbocycles. The third kappa shape index (κ3) is 5.65. The highest BCUT2D eigenvalue weighted by Crippen LogP contribution is 2.26. The highest BCUT2D eigenvalue weighted by molar-refractivity contribution is 7.98. The number of aliphatic imine (C=N–C) groups is 1. The number of aryl methyl sites for hydroxylation is 1. The first-order valence-corrected chi connectivity index (χ1v) is 9.90. The number of anilines is 1. The molecule has 0 aliphatic carbocycles. The number of thioether (sulfide) groups is 1. The van der Waals surface area contributed by atoms with Crippen molar-refractivity contribution < 1.29 is 0 Å². The summed E-state index contributed by atoms with van der Waals surface area (Å²) in [5.74, 6) is 2.13. The minimum Gasteiger partial charge on any atom is -0.374 e. The van der Waals surface area contributed by atoms with Gasteiger partial charge in [0.25, 0.3) is 0 Å². The average molecular weight is 335 g/mol. The molecule has 128 valence electrons. The van der Waals surface area contributed by atoms with Crippen molar-refractivity contribution in [3.8, 4) is 0 Å². The molecule has 1 aliphatic rings. The van der Waals surface area contributed by atoms with Crippen LogP contribution in [-0.2, 0) is 13.0 Å². The normalized spacial score (nSPS) is 14.6. The predicted molar refractivity (Wildman–Crippen MR) is 104 cm³/mol. The van der Waals surface area contributed by atoms with Gasteiger partial charge in [0.2, 0.25) is 0 Å². The Kier molecular flexibility index (Phi) is 7.59. The summed E-state index contributed by atoms with van der Waals surface area (Å²) in [6, 6.07) is 6.81. The van der Waals surface area contributed by atoms with Gasteiger partial charge in [-0.15, -0.1) is 0 Å². The average Bonchev–Trinajstić information content (AvgIpc) is 2.57. The topological polar surface area (TPSA) is 39.7 Å². The minimum atomic E-state index is 0.821. The van der Waals surface area contributed by atoms with E-state index in [1.165, 1.54) is 48.3 Å². The van der Waals surface area contributed by atoms with E-state index < -0.39 is 0 Å². The SMILES string of the molecule is CN=C(NCCCCSC)NCc1ccc2c(c1)CCCN2C. The Morgan fingerprint density at radius 3 is 2.96 bits per heavy atom. The molecular formula is C18H30N4S. The van der Waals surface area contributed by atoms with E-state index in [-0.39, 0.29) is 0 Å². The Bertz CT molecular complexity index is 516. The molecular weight excluding hydrogens is 304 g/mol. The number of hydrogen-bond acceptors (Lipinski definition) is 3. The fourth-order valence-electron chi connectivity index (χ4n) is 2.93. The second kappa shape index (κ2) is 9.71. The smallest absolute Gasteiger partial charge is 0.191 e. The molecule has 0 aromatic heterocycles. The molecule has 0 radical (unpaired) electrons. The maximum atomic E-state index is 4.30. The van der Waals surface area contributed by atoms with Crippen molar-refractivity contribution in [3.05, 3.63) is 29.3 Å². The fourth-order valence-corrected chi connectivity index (χ4v) is 3.43. The Morgan fingerprint density at radius 1 is 1.30 bits per heavy atom. The van der Waals surface area contributed by atoms with Crippen LogP contribution in [0.25, 0.3) is 0 Å². The van der Waals surface area contributed by atoms with Gasteiger partial charge in [0.1, 0.15) is 0 Å². The van der Waals surface area contributed by atoms with Crippen LogP contribution in [0.15, 0.2) is 23.2 Å². The van der Waals surface area contributed by atoms with Gasteiger partial charge in [-0.05, 0) is 54.9 Å². The first-order chi connectivity index (χ1) is 11.2. The van der Waals surface area contributed by atoms with Gasteiger partial charge >= 0.3 is 0 Å². The van der Waals surface area contributed by atoms with Crippen LogP contribution in [0, 0.1) is 0 Å². The number of nitrogens with zero attached hydrogens (tertiary/aromatic N) is 2. The lowest BCUT2D eigenvalue weighted by molar-refractivity contribution is 0.729. The molecule has 1 aromatic rings. The molecule has 5 heteroatoms. The van der Waals surface area contributed by atoms with E-state index in [9.17, 15) is 0 Å². The summed E-state index contributed by atoms with van der Waals surface area (Å²) in [4.78, 5) is 6.65. The van der Waals surface area contributed by atoms with E-state index in [0.717, 1.165) is 25.6 Å². The molecule has 0 saturated heterocycles. The summed E-state index contributed by atoms with van der Waals surface area (Å²) in [6.45, 7) is 2.97. The van der Waals surface area contributed by atoms with Gasteiger partial charge in [0.15, 0.2) is 5.96 Å². The lowest BCUT2D eigenvalue weighted by Gasteiger charge is -2.28. The Balaban J connectivity index is 1.80. The van der Waals surface area contributed by atoms with Crippen molar-refractivity contribution in [2.24, 2.45) is 4.99 Å². The first-order valence-electron chi connectivity index (χ1n) is 8.51. The van der Waals surface area contributed by atoms with Crippen molar-refractivity contribution in [2.75, 3.05) is 44.1 Å². The van der Waals surface area contributed by atoms with E-state index in [2.05, 4.69) is 52.0 Å². The van der Waals surface area contributed by atoms with Gasteiger partial charge in [0.05, 0.1) is 0 Å². The Hall–Kier alpha value is -1.36. The molecule has 4 nitrogen and oxygen atoms in total. The van der Waals surface area contributed by atoms with Crippen LogP contribution in [0.2, 0.25) is 0 Å². The highest BCUT2D eigenvalue weighted by atomic mass is 32.2. The number of benzene rings is 1. The van der Waals surface area contributed by atoms with Gasteiger partial charge in [-0.2, -0.15) is 11.8 Å². The largest absolute Gasteiger partial charge is 0.374 e. The number of guanidine groups is 1. The number of rotatable bonds is 7. The van der Waals surface area contributed by atoms with Crippen molar-refractivity contribution in [1.82, 2.24) is 10.6 Å². The second-order valence-corrected chi connectivity index (χ2v) is 7.03. The summed E-state index contributed by atoms with van der Waals surface area (Å²) >= 11 is 1.91. The molecule has 1 aliphatic heterocycles. The van der Waals surface area contributed by atoms with E-state index in [0.29, 0.717) is 0 Å². The van der Waals surface area contributed by atoms with Crippen LogP contribution < -0.4 is 15.5 Å². The number of unbranched alkanes of at least 4 members (excludes halogenated alkanes) is 1. The predicted octanol–water partition coefficient (Wildman–Crippen LogP) is 2.88. The third-order valence-corrected chi connectivity index (χ3v) is 4.94. The molecule has 0 unspecified atom stereocenters. The summed E-state index contributed by atoms with van der Waals surface area (Å²) in [6.07, 6.45) is 7.04. The lowest BCUT2D eigenvalue weighted by atomic mass is 9.99. The summed E-state index contributed by atoms with van der Waals surface area (Å²) < 4.78 is 0. The molecule has 1 heterocycles. The Morgan fingerprint density at radius 2 is 2.17 bits per heavy atom. The van der Waals surface area contributed by atoms with Crippen molar-refractivity contribution in [2.45, 2.75) is 32.2 Å². The van der Waals surface area contributed by atoms with E-state index in [4.69, 9.17) is 0 Å². The van der Waals surface area contributed by atoms with Crippen molar-refractivity contribution >= 4 is 23.4 Å². The maximum absolute atomic E-state index is 4.30. The van der Waals surface area contributed by atoms with Crippen LogP contribution in [0.1, 0.15) is 30.4 Å². The van der Waals surface area contributed by atoms with Crippen molar-refractivity contribution in [3.63, 3.8) is 0 Å². The number of fused-ring (bicyclic) bond motifs is 1. The van der Waals surface area contributed by atoms with Crippen LogP contribution in [-0.4, -0.2) is 45.2 Å². The molecule has 2 rings (SSSR count). The molecule has 0 spiro atoms. The molecule has 2 N–H and O–H groups in total. The van der Waals surface area contributed by atoms with Gasteiger partial charge in [-0.25, -0.2) is 0 Å². The number of hydrogen-bond donors (Lipinski definition) is 2. The highest BCUT2D eigenvalue weighted by Gasteiger charge is 2.13. The van der Waals surface area contributed by atoms with Crippen LogP contribution in [0.3, 0.4) is 0 Å². The van der Waals surface area contributed by atoms with Gasteiger partial charge in [0, 0.05) is 39.4 Å². The molecule has 23 heavy (non-hydrogen) atoms. The minimum absolute atomic E-state index is 0.821. The molecule has 0 fully saturated rings. The summed E-state index contributed by atoms with van der Waals surface area (Å²) in [7, 11) is 4.01. The lowest BCUT2D eigenvalue weighted by Crippen LogP contribution is -2.37. The molecule has 0 bridgehead atoms.